The van der Waals surface area contributed by atoms with Crippen molar-refractivity contribution in [1.29, 1.82) is 0 Å². The van der Waals surface area contributed by atoms with Gasteiger partial charge in [-0.1, -0.05) is 41.6 Å². The summed E-state index contributed by atoms with van der Waals surface area (Å²) in [5.41, 5.74) is 1.59. The largest absolute Gasteiger partial charge is 0.289 e. The van der Waals surface area contributed by atoms with Gasteiger partial charge < -0.3 is 0 Å². The van der Waals surface area contributed by atoms with Crippen molar-refractivity contribution in [2.24, 2.45) is 0 Å². The Kier molecular flexibility index (Phi) is 3.35. The number of hydrogen-bond donors (Lipinski definition) is 0. The van der Waals surface area contributed by atoms with E-state index >= 15 is 0 Å². The molecule has 1 aliphatic carbocycles. The van der Waals surface area contributed by atoms with Crippen molar-refractivity contribution in [3.8, 4) is 0 Å². The van der Waals surface area contributed by atoms with Crippen molar-refractivity contribution in [2.45, 2.75) is 4.90 Å². The van der Waals surface area contributed by atoms with Crippen LogP contribution in [0.2, 0.25) is 0 Å². The van der Waals surface area contributed by atoms with E-state index in [9.17, 15) is 18.0 Å². The molecule has 0 bridgehead atoms. The number of aromatic nitrogens is 3. The van der Waals surface area contributed by atoms with Crippen LogP contribution < -0.4 is 0 Å². The molecule has 0 saturated carbocycles. The van der Waals surface area contributed by atoms with Crippen LogP contribution in [0.3, 0.4) is 0 Å². The van der Waals surface area contributed by atoms with Gasteiger partial charge in [-0.25, -0.2) is 0 Å². The van der Waals surface area contributed by atoms with Crippen LogP contribution in [0.15, 0.2) is 71.6 Å². The summed E-state index contributed by atoms with van der Waals surface area (Å²) < 4.78 is 27.0. The smallest absolute Gasteiger partial charge is 0.284 e. The topological polar surface area (TPSA) is 99.0 Å². The van der Waals surface area contributed by atoms with Crippen LogP contribution in [0.1, 0.15) is 31.8 Å². The highest BCUT2D eigenvalue weighted by atomic mass is 32.2. The summed E-state index contributed by atoms with van der Waals surface area (Å²) in [6.45, 7) is 0. The van der Waals surface area contributed by atoms with Gasteiger partial charge in [0.25, 0.3) is 10.0 Å². The minimum Gasteiger partial charge on any atom is -0.289 e. The molecule has 8 heteroatoms. The molecule has 136 valence electrons. The number of nitrogens with zero attached hydrogens (tertiary/aromatic N) is 3. The lowest BCUT2D eigenvalue weighted by Crippen LogP contribution is -2.22. The standard InChI is InChI=1S/C20H11N3O4S/c24-19-13-5-1-2-6-14(13)20(25)16-11-12(9-10-15(16)19)28(26,27)23-18-8-4-3-7-17(18)21-22-23/h1-11H. The molecular formula is C20H11N3O4S. The summed E-state index contributed by atoms with van der Waals surface area (Å²) in [6.07, 6.45) is 0. The predicted octanol–water partition coefficient (Wildman–Crippen LogP) is 2.44. The third-order valence-corrected chi connectivity index (χ3v) is 6.32. The first-order valence-corrected chi connectivity index (χ1v) is 9.81. The molecule has 0 fully saturated rings. The van der Waals surface area contributed by atoms with E-state index in [1.54, 1.807) is 48.5 Å². The monoisotopic (exact) mass is 389 g/mol. The molecule has 1 aromatic heterocycles. The molecule has 0 atom stereocenters. The number of rotatable bonds is 2. The average molecular weight is 389 g/mol. The Morgan fingerprint density at radius 1 is 0.714 bits per heavy atom. The maximum absolute atomic E-state index is 13.1. The zero-order chi connectivity index (χ0) is 19.5. The van der Waals surface area contributed by atoms with Crippen LogP contribution in [-0.4, -0.2) is 34.4 Å². The predicted molar refractivity (Wildman–Crippen MR) is 99.9 cm³/mol. The molecular weight excluding hydrogens is 378 g/mol. The van der Waals surface area contributed by atoms with Gasteiger partial charge >= 0.3 is 0 Å². The number of ketones is 2. The van der Waals surface area contributed by atoms with Crippen LogP contribution in [0.25, 0.3) is 11.0 Å². The second-order valence-corrected chi connectivity index (χ2v) is 8.10. The van der Waals surface area contributed by atoms with E-state index in [4.69, 9.17) is 0 Å². The van der Waals surface area contributed by atoms with Crippen molar-refractivity contribution >= 4 is 32.6 Å². The fourth-order valence-corrected chi connectivity index (χ4v) is 4.62. The minimum absolute atomic E-state index is 0.0641. The first-order valence-electron chi connectivity index (χ1n) is 8.37. The minimum atomic E-state index is -4.09. The Labute approximate surface area is 159 Å². The van der Waals surface area contributed by atoms with Crippen LogP contribution in [0.4, 0.5) is 0 Å². The molecule has 0 N–H and O–H groups in total. The molecule has 28 heavy (non-hydrogen) atoms. The molecule has 7 nitrogen and oxygen atoms in total. The third kappa shape index (κ3) is 2.18. The van der Waals surface area contributed by atoms with Gasteiger partial charge in [0.1, 0.15) is 11.0 Å². The van der Waals surface area contributed by atoms with E-state index in [2.05, 4.69) is 10.3 Å². The van der Waals surface area contributed by atoms with E-state index < -0.39 is 10.0 Å². The van der Waals surface area contributed by atoms with Crippen molar-refractivity contribution < 1.29 is 18.0 Å². The van der Waals surface area contributed by atoms with E-state index in [0.717, 1.165) is 4.09 Å². The van der Waals surface area contributed by atoms with Crippen LogP contribution >= 0.6 is 0 Å². The fourth-order valence-electron chi connectivity index (χ4n) is 3.36. The lowest BCUT2D eigenvalue weighted by atomic mass is 9.84. The summed E-state index contributed by atoms with van der Waals surface area (Å²) in [5.74, 6) is -0.689. The Bertz CT molecular complexity index is 1420. The van der Waals surface area contributed by atoms with Crippen LogP contribution in [0.5, 0.6) is 0 Å². The van der Waals surface area contributed by atoms with Crippen molar-refractivity contribution in [3.05, 3.63) is 89.0 Å². The third-order valence-electron chi connectivity index (χ3n) is 4.74. The summed E-state index contributed by atoms with van der Waals surface area (Å²) in [7, 11) is -4.09. The second kappa shape index (κ2) is 5.67. The lowest BCUT2D eigenvalue weighted by Gasteiger charge is -2.18. The highest BCUT2D eigenvalue weighted by Crippen LogP contribution is 2.29. The molecule has 0 amide bonds. The SMILES string of the molecule is O=C1c2ccccc2C(=O)c2cc(S(=O)(=O)n3nnc4ccccc43)ccc21. The van der Waals surface area contributed by atoms with Gasteiger partial charge in [0.15, 0.2) is 11.6 Å². The maximum Gasteiger partial charge on any atom is 0.284 e. The van der Waals surface area contributed by atoms with E-state index in [-0.39, 0.29) is 33.2 Å². The number of para-hydroxylation sites is 1. The number of hydrogen-bond acceptors (Lipinski definition) is 6. The Morgan fingerprint density at radius 2 is 1.32 bits per heavy atom. The highest BCUT2D eigenvalue weighted by molar-refractivity contribution is 7.90. The maximum atomic E-state index is 13.1. The molecule has 0 radical (unpaired) electrons. The summed E-state index contributed by atoms with van der Waals surface area (Å²) >= 11 is 0. The molecule has 1 heterocycles. The zero-order valence-electron chi connectivity index (χ0n) is 14.2. The molecule has 0 spiro atoms. The van der Waals surface area contributed by atoms with E-state index in [1.807, 2.05) is 0 Å². The first-order chi connectivity index (χ1) is 13.5. The van der Waals surface area contributed by atoms with Gasteiger partial charge in [-0.15, -0.1) is 9.19 Å². The van der Waals surface area contributed by atoms with Crippen LogP contribution in [-0.2, 0) is 10.0 Å². The van der Waals surface area contributed by atoms with E-state index in [1.165, 1.54) is 18.2 Å². The molecule has 0 saturated heterocycles. The first kappa shape index (κ1) is 16.5. The number of benzene rings is 3. The summed E-state index contributed by atoms with van der Waals surface area (Å²) in [6, 6.07) is 17.1. The molecule has 0 unspecified atom stereocenters. The zero-order valence-corrected chi connectivity index (χ0v) is 15.1. The van der Waals surface area contributed by atoms with Gasteiger partial charge in [0.05, 0.1) is 4.90 Å². The van der Waals surface area contributed by atoms with E-state index in [0.29, 0.717) is 16.6 Å². The van der Waals surface area contributed by atoms with Gasteiger partial charge in [0.2, 0.25) is 0 Å². The second-order valence-electron chi connectivity index (χ2n) is 6.34. The van der Waals surface area contributed by atoms with Crippen molar-refractivity contribution in [3.63, 3.8) is 0 Å². The average Bonchev–Trinajstić information content (AvgIpc) is 3.16. The van der Waals surface area contributed by atoms with Crippen molar-refractivity contribution in [2.75, 3.05) is 0 Å². The molecule has 3 aromatic carbocycles. The number of carbonyl (C=O) groups is 2. The Hall–Kier alpha value is -3.65. The lowest BCUT2D eigenvalue weighted by molar-refractivity contribution is 0.0979. The summed E-state index contributed by atoms with van der Waals surface area (Å²) in [4.78, 5) is 25.4. The highest BCUT2D eigenvalue weighted by Gasteiger charge is 2.31. The normalized spacial score (nSPS) is 13.4. The Balaban J connectivity index is 1.69. The number of carbonyl (C=O) groups excluding carboxylic acids is 2. The van der Waals surface area contributed by atoms with Gasteiger partial charge in [0, 0.05) is 22.3 Å². The van der Waals surface area contributed by atoms with Crippen LogP contribution in [0, 0.1) is 0 Å². The molecule has 0 aliphatic heterocycles. The molecule has 5 rings (SSSR count). The van der Waals surface area contributed by atoms with Gasteiger partial charge in [-0.05, 0) is 30.3 Å². The number of fused-ring (bicyclic) bond motifs is 3. The molecule has 1 aliphatic rings. The quantitative estimate of drug-likeness (QED) is 0.460. The molecule has 4 aromatic rings. The Morgan fingerprint density at radius 3 is 2.07 bits per heavy atom. The fraction of sp³-hybridized carbons (Fsp3) is 0. The summed E-state index contributed by atoms with van der Waals surface area (Å²) in [5, 5.41) is 7.62. The van der Waals surface area contributed by atoms with Crippen molar-refractivity contribution in [1.82, 2.24) is 14.4 Å². The van der Waals surface area contributed by atoms with Gasteiger partial charge in [-0.3, -0.25) is 9.59 Å². The van der Waals surface area contributed by atoms with Gasteiger partial charge in [-0.2, -0.15) is 8.42 Å².